The number of hydrogen-bond acceptors (Lipinski definition) is 4. The average Bonchev–Trinajstić information content (AvgIpc) is 2.44. The maximum Gasteiger partial charge on any atom is 0.258 e. The number of hydrogen-bond donors (Lipinski definition) is 3. The van der Waals surface area contributed by atoms with Gasteiger partial charge in [0.2, 0.25) is 0 Å². The molecule has 0 radical (unpaired) electrons. The highest BCUT2D eigenvalue weighted by Gasteiger charge is 2.22. The summed E-state index contributed by atoms with van der Waals surface area (Å²) in [5.74, 6) is -0.0728. The van der Waals surface area contributed by atoms with Crippen LogP contribution in [0.4, 0.5) is 0 Å². The molecule has 0 heterocycles. The maximum absolute atomic E-state index is 11.6. The summed E-state index contributed by atoms with van der Waals surface area (Å²) in [5.41, 5.74) is -0.870. The third-order valence-corrected chi connectivity index (χ3v) is 3.15. The quantitative estimate of drug-likeness (QED) is 0.698. The zero-order valence-electron chi connectivity index (χ0n) is 11.3. The number of ether oxygens (including phenoxy) is 1. The molecular weight excluding hydrogens is 246 g/mol. The second-order valence-electron chi connectivity index (χ2n) is 4.46. The molecule has 0 aromatic heterocycles. The number of para-hydroxylation sites is 2. The Morgan fingerprint density at radius 2 is 1.95 bits per heavy atom. The lowest BCUT2D eigenvalue weighted by Gasteiger charge is -2.25. The van der Waals surface area contributed by atoms with Gasteiger partial charge >= 0.3 is 0 Å². The van der Waals surface area contributed by atoms with E-state index in [2.05, 4.69) is 5.32 Å². The molecule has 0 bridgehead atoms. The average molecular weight is 267 g/mol. The van der Waals surface area contributed by atoms with E-state index in [0.717, 1.165) is 0 Å². The van der Waals surface area contributed by atoms with E-state index >= 15 is 0 Å². The lowest BCUT2D eigenvalue weighted by Crippen LogP contribution is -2.43. The highest BCUT2D eigenvalue weighted by molar-refractivity contribution is 5.77. The fourth-order valence-electron chi connectivity index (χ4n) is 1.54. The van der Waals surface area contributed by atoms with E-state index in [1.54, 1.807) is 18.2 Å². The SMILES string of the molecule is CCC(O)(CC)CNC(=O)COc1ccccc1O. The van der Waals surface area contributed by atoms with Crippen LogP contribution in [0, 0.1) is 0 Å². The number of carbonyl (C=O) groups is 1. The van der Waals surface area contributed by atoms with E-state index in [1.807, 2.05) is 13.8 Å². The molecule has 0 aliphatic rings. The summed E-state index contributed by atoms with van der Waals surface area (Å²) in [7, 11) is 0. The van der Waals surface area contributed by atoms with Crippen LogP contribution in [0.25, 0.3) is 0 Å². The first-order chi connectivity index (χ1) is 9.00. The van der Waals surface area contributed by atoms with E-state index in [4.69, 9.17) is 4.74 Å². The molecule has 0 atom stereocenters. The van der Waals surface area contributed by atoms with Gasteiger partial charge in [-0.05, 0) is 25.0 Å². The van der Waals surface area contributed by atoms with Crippen LogP contribution in [0.15, 0.2) is 24.3 Å². The lowest BCUT2D eigenvalue weighted by molar-refractivity contribution is -0.124. The van der Waals surface area contributed by atoms with Crippen LogP contribution in [-0.4, -0.2) is 34.9 Å². The van der Waals surface area contributed by atoms with Crippen molar-refractivity contribution in [2.75, 3.05) is 13.2 Å². The smallest absolute Gasteiger partial charge is 0.258 e. The standard InChI is InChI=1S/C14H21NO4/c1-3-14(18,4-2)10-15-13(17)9-19-12-8-6-5-7-11(12)16/h5-8,16,18H,3-4,9-10H2,1-2H3,(H,15,17). The first kappa shape index (κ1) is 15.3. The summed E-state index contributed by atoms with van der Waals surface area (Å²) < 4.78 is 5.19. The van der Waals surface area contributed by atoms with Gasteiger partial charge in [0, 0.05) is 6.54 Å². The molecule has 0 aliphatic carbocycles. The van der Waals surface area contributed by atoms with Gasteiger partial charge in [-0.2, -0.15) is 0 Å². The Morgan fingerprint density at radius 1 is 1.32 bits per heavy atom. The van der Waals surface area contributed by atoms with Crippen LogP contribution in [-0.2, 0) is 4.79 Å². The predicted octanol–water partition coefficient (Wildman–Crippen LogP) is 1.44. The zero-order chi connectivity index (χ0) is 14.3. The van der Waals surface area contributed by atoms with Crippen molar-refractivity contribution < 1.29 is 19.7 Å². The molecular formula is C14H21NO4. The molecule has 1 amide bonds. The van der Waals surface area contributed by atoms with Gasteiger partial charge in [0.15, 0.2) is 18.1 Å². The van der Waals surface area contributed by atoms with Gasteiger partial charge in [-0.25, -0.2) is 0 Å². The molecule has 0 spiro atoms. The van der Waals surface area contributed by atoms with Crippen molar-refractivity contribution in [1.82, 2.24) is 5.32 Å². The molecule has 1 aromatic rings. The number of nitrogens with one attached hydrogen (secondary N) is 1. The summed E-state index contributed by atoms with van der Waals surface area (Å²) in [6.07, 6.45) is 1.15. The highest BCUT2D eigenvalue weighted by Crippen LogP contribution is 2.24. The second kappa shape index (κ2) is 6.99. The van der Waals surface area contributed by atoms with E-state index in [9.17, 15) is 15.0 Å². The highest BCUT2D eigenvalue weighted by atomic mass is 16.5. The van der Waals surface area contributed by atoms with Gasteiger partial charge in [0.25, 0.3) is 5.91 Å². The first-order valence-corrected chi connectivity index (χ1v) is 6.40. The van der Waals surface area contributed by atoms with E-state index in [-0.39, 0.29) is 30.6 Å². The third kappa shape index (κ3) is 4.79. The normalized spacial score (nSPS) is 11.1. The fraction of sp³-hybridized carbons (Fsp3) is 0.500. The number of amides is 1. The van der Waals surface area contributed by atoms with Gasteiger partial charge in [-0.3, -0.25) is 4.79 Å². The molecule has 5 nitrogen and oxygen atoms in total. The van der Waals surface area contributed by atoms with E-state index < -0.39 is 5.60 Å². The molecule has 1 rings (SSSR count). The van der Waals surface area contributed by atoms with Crippen LogP contribution in [0.5, 0.6) is 11.5 Å². The van der Waals surface area contributed by atoms with Crippen molar-refractivity contribution in [3.8, 4) is 11.5 Å². The van der Waals surface area contributed by atoms with Gasteiger partial charge in [0.05, 0.1) is 5.60 Å². The Labute approximate surface area is 113 Å². The molecule has 19 heavy (non-hydrogen) atoms. The third-order valence-electron chi connectivity index (χ3n) is 3.15. The van der Waals surface area contributed by atoms with Crippen molar-refractivity contribution in [2.24, 2.45) is 0 Å². The molecule has 5 heteroatoms. The summed E-state index contributed by atoms with van der Waals surface area (Å²) in [6.45, 7) is 3.74. The van der Waals surface area contributed by atoms with Crippen molar-refractivity contribution in [3.05, 3.63) is 24.3 Å². The topological polar surface area (TPSA) is 78.8 Å². The number of carbonyl (C=O) groups excluding carboxylic acids is 1. The molecule has 0 saturated carbocycles. The van der Waals surface area contributed by atoms with Crippen molar-refractivity contribution in [3.63, 3.8) is 0 Å². The first-order valence-electron chi connectivity index (χ1n) is 6.40. The fourth-order valence-corrected chi connectivity index (χ4v) is 1.54. The number of aliphatic hydroxyl groups is 1. The molecule has 1 aromatic carbocycles. The molecule has 106 valence electrons. The predicted molar refractivity (Wildman–Crippen MR) is 72.1 cm³/mol. The van der Waals surface area contributed by atoms with Gasteiger partial charge in [0.1, 0.15) is 0 Å². The minimum Gasteiger partial charge on any atom is -0.504 e. The number of phenols is 1. The maximum atomic E-state index is 11.6. The van der Waals surface area contributed by atoms with Crippen LogP contribution >= 0.6 is 0 Å². The Balaban J connectivity index is 2.39. The van der Waals surface area contributed by atoms with Crippen molar-refractivity contribution >= 4 is 5.91 Å². The van der Waals surface area contributed by atoms with Gasteiger partial charge in [-0.15, -0.1) is 0 Å². The number of benzene rings is 1. The Kier molecular flexibility index (Phi) is 5.63. The molecule has 3 N–H and O–H groups in total. The van der Waals surface area contributed by atoms with Crippen LogP contribution in [0.2, 0.25) is 0 Å². The number of phenolic OH excluding ortho intramolecular Hbond substituents is 1. The minimum atomic E-state index is -0.870. The van der Waals surface area contributed by atoms with Crippen molar-refractivity contribution in [2.45, 2.75) is 32.3 Å². The Bertz CT molecular complexity index is 416. The second-order valence-corrected chi connectivity index (χ2v) is 4.46. The van der Waals surface area contributed by atoms with E-state index in [1.165, 1.54) is 6.07 Å². The van der Waals surface area contributed by atoms with Crippen molar-refractivity contribution in [1.29, 1.82) is 0 Å². The Hall–Kier alpha value is -1.75. The van der Waals surface area contributed by atoms with Crippen LogP contribution in [0.3, 0.4) is 0 Å². The number of rotatable bonds is 7. The summed E-state index contributed by atoms with van der Waals surface area (Å²) >= 11 is 0. The molecule has 0 saturated heterocycles. The zero-order valence-corrected chi connectivity index (χ0v) is 11.3. The molecule has 0 fully saturated rings. The van der Waals surface area contributed by atoms with Gasteiger partial charge < -0.3 is 20.3 Å². The molecule has 0 unspecified atom stereocenters. The van der Waals surface area contributed by atoms with E-state index in [0.29, 0.717) is 12.8 Å². The van der Waals surface area contributed by atoms with Crippen LogP contribution < -0.4 is 10.1 Å². The van der Waals surface area contributed by atoms with Crippen LogP contribution in [0.1, 0.15) is 26.7 Å². The van der Waals surface area contributed by atoms with Gasteiger partial charge in [-0.1, -0.05) is 26.0 Å². The summed E-state index contributed by atoms with van der Waals surface area (Å²) in [6, 6.07) is 6.45. The largest absolute Gasteiger partial charge is 0.504 e. The summed E-state index contributed by atoms with van der Waals surface area (Å²) in [4.78, 5) is 11.6. The minimum absolute atomic E-state index is 0.00563. The molecule has 0 aliphatic heterocycles. The summed E-state index contributed by atoms with van der Waals surface area (Å²) in [5, 5.41) is 22.1. The Morgan fingerprint density at radius 3 is 2.53 bits per heavy atom. The number of aromatic hydroxyl groups is 1. The monoisotopic (exact) mass is 267 g/mol. The lowest BCUT2D eigenvalue weighted by atomic mass is 9.98.